The topological polar surface area (TPSA) is 12.0 Å². The normalized spacial score (nSPS) is 26.7. The molecule has 3 aromatic rings. The minimum absolute atomic E-state index is 0.411. The van der Waals surface area contributed by atoms with Crippen molar-refractivity contribution >= 4 is 33.2 Å². The Balaban J connectivity index is 1.24. The molecule has 1 saturated carbocycles. The van der Waals surface area contributed by atoms with Gasteiger partial charge in [-0.1, -0.05) is 79.6 Å². The van der Waals surface area contributed by atoms with Gasteiger partial charge in [-0.2, -0.15) is 0 Å². The Labute approximate surface area is 225 Å². The molecule has 0 spiro atoms. The molecule has 2 heterocycles. The van der Waals surface area contributed by atoms with Crippen LogP contribution in [-0.2, 0) is 0 Å². The summed E-state index contributed by atoms with van der Waals surface area (Å²) in [7, 11) is 0. The maximum Gasteiger partial charge on any atom is 0.0382 e. The first-order valence-electron chi connectivity index (χ1n) is 14.4. The summed E-state index contributed by atoms with van der Waals surface area (Å²) in [5.74, 6) is 1.67. The van der Waals surface area contributed by atoms with E-state index >= 15 is 0 Å². The van der Waals surface area contributed by atoms with Crippen LogP contribution in [0.4, 0.5) is 5.69 Å². The quantitative estimate of drug-likeness (QED) is 0.373. The van der Waals surface area contributed by atoms with Crippen LogP contribution in [0.25, 0.3) is 16.2 Å². The van der Waals surface area contributed by atoms with E-state index in [0.29, 0.717) is 17.9 Å². The number of hydrogen-bond donors (Lipinski definition) is 1. The number of nitrogens with one attached hydrogen (secondary N) is 1. The van der Waals surface area contributed by atoms with Crippen molar-refractivity contribution in [3.63, 3.8) is 0 Å². The largest absolute Gasteiger partial charge is 0.381 e. The van der Waals surface area contributed by atoms with Gasteiger partial charge >= 0.3 is 0 Å². The predicted octanol–water partition coefficient (Wildman–Crippen LogP) is 10.1. The average molecular weight is 504 g/mol. The van der Waals surface area contributed by atoms with E-state index in [1.165, 1.54) is 80.6 Å². The summed E-state index contributed by atoms with van der Waals surface area (Å²) in [4.78, 5) is 1.53. The molecule has 2 heteroatoms. The molecule has 0 saturated heterocycles. The molecule has 4 unspecified atom stereocenters. The molecule has 37 heavy (non-hydrogen) atoms. The van der Waals surface area contributed by atoms with E-state index in [1.54, 1.807) is 5.57 Å². The summed E-state index contributed by atoms with van der Waals surface area (Å²) >= 11 is 1.99. The Hall–Kier alpha value is -2.84. The fraction of sp³-hybridized carbons (Fsp3) is 0.371. The lowest BCUT2D eigenvalue weighted by Crippen LogP contribution is -2.16. The highest BCUT2D eigenvalue weighted by Crippen LogP contribution is 2.47. The van der Waals surface area contributed by atoms with Gasteiger partial charge in [0.25, 0.3) is 0 Å². The standard InChI is InChI=1S/C35H37NS/c1-3-23(26-16-15-24-9-4-5-10-25(24)19-26)20-31-22(2)36-33-18-17-27(21-32(31)33)28-12-8-13-30-29-11-6-7-14-34(29)37-35(28)30/h6-8,11,13-14,16-22,24,28,31,36H,3-5,9-10,12,15H2,1-2H3/b23-20+. The number of benzene rings is 2. The molecule has 2 aromatic carbocycles. The van der Waals surface area contributed by atoms with Crippen LogP contribution < -0.4 is 5.32 Å². The SMILES string of the molecule is CC/C(=C\C1c2cc(C3CC=Cc4c3sc3ccccc43)ccc2NC1C)C1=CCC2CCCCC2=C1. The minimum atomic E-state index is 0.411. The molecule has 0 amide bonds. The first-order valence-corrected chi connectivity index (χ1v) is 15.2. The number of fused-ring (bicyclic) bond motifs is 5. The van der Waals surface area contributed by atoms with Gasteiger partial charge in [0.2, 0.25) is 0 Å². The number of anilines is 1. The van der Waals surface area contributed by atoms with Crippen molar-refractivity contribution in [2.45, 2.75) is 76.7 Å². The fourth-order valence-corrected chi connectivity index (χ4v) is 8.56. The van der Waals surface area contributed by atoms with Gasteiger partial charge in [0.1, 0.15) is 0 Å². The third kappa shape index (κ3) is 4.05. The Bertz CT molecular complexity index is 1480. The van der Waals surface area contributed by atoms with E-state index in [-0.39, 0.29) is 0 Å². The Kier molecular flexibility index (Phi) is 5.96. The van der Waals surface area contributed by atoms with E-state index in [1.807, 2.05) is 11.3 Å². The van der Waals surface area contributed by atoms with E-state index < -0.39 is 0 Å². The van der Waals surface area contributed by atoms with Crippen molar-refractivity contribution in [3.8, 4) is 0 Å². The zero-order valence-electron chi connectivity index (χ0n) is 22.1. The maximum absolute atomic E-state index is 3.81. The highest BCUT2D eigenvalue weighted by atomic mass is 32.1. The number of allylic oxidation sites excluding steroid dienone is 6. The summed E-state index contributed by atoms with van der Waals surface area (Å²) < 4.78 is 1.41. The lowest BCUT2D eigenvalue weighted by atomic mass is 9.76. The molecule has 0 bridgehead atoms. The summed E-state index contributed by atoms with van der Waals surface area (Å²) in [5.41, 5.74) is 10.4. The van der Waals surface area contributed by atoms with Crippen LogP contribution in [0.15, 0.2) is 83.5 Å². The molecule has 1 aromatic heterocycles. The molecular formula is C35H37NS. The molecular weight excluding hydrogens is 466 g/mol. The van der Waals surface area contributed by atoms with Crippen LogP contribution in [0.3, 0.4) is 0 Å². The van der Waals surface area contributed by atoms with Crippen LogP contribution in [0, 0.1) is 5.92 Å². The molecule has 7 rings (SSSR count). The van der Waals surface area contributed by atoms with Crippen molar-refractivity contribution in [2.75, 3.05) is 5.32 Å². The zero-order chi connectivity index (χ0) is 24.9. The van der Waals surface area contributed by atoms with Gasteiger partial charge in [0.15, 0.2) is 0 Å². The maximum atomic E-state index is 3.81. The number of thiophene rings is 1. The van der Waals surface area contributed by atoms with Crippen molar-refractivity contribution in [1.29, 1.82) is 0 Å². The lowest BCUT2D eigenvalue weighted by molar-refractivity contribution is 0.451. The van der Waals surface area contributed by atoms with Gasteiger partial charge in [0.05, 0.1) is 0 Å². The Morgan fingerprint density at radius 2 is 2.03 bits per heavy atom. The van der Waals surface area contributed by atoms with Crippen LogP contribution in [0.2, 0.25) is 0 Å². The first-order chi connectivity index (χ1) is 18.2. The highest BCUT2D eigenvalue weighted by Gasteiger charge is 2.31. The summed E-state index contributed by atoms with van der Waals surface area (Å²) in [6, 6.07) is 16.6. The molecule has 1 aliphatic heterocycles. The Morgan fingerprint density at radius 1 is 1.11 bits per heavy atom. The third-order valence-corrected chi connectivity index (χ3v) is 10.6. The van der Waals surface area contributed by atoms with E-state index in [2.05, 4.69) is 92.0 Å². The highest BCUT2D eigenvalue weighted by molar-refractivity contribution is 7.19. The third-order valence-electron chi connectivity index (χ3n) is 9.28. The molecule has 1 fully saturated rings. The smallest absolute Gasteiger partial charge is 0.0382 e. The summed E-state index contributed by atoms with van der Waals surface area (Å²) in [5, 5.41) is 5.21. The molecule has 188 valence electrons. The molecule has 3 aliphatic carbocycles. The van der Waals surface area contributed by atoms with E-state index in [0.717, 1.165) is 18.8 Å². The van der Waals surface area contributed by atoms with Crippen LogP contribution >= 0.6 is 11.3 Å². The van der Waals surface area contributed by atoms with Crippen molar-refractivity contribution in [1.82, 2.24) is 0 Å². The Morgan fingerprint density at radius 3 is 2.95 bits per heavy atom. The second kappa shape index (κ2) is 9.48. The van der Waals surface area contributed by atoms with Gasteiger partial charge in [-0.25, -0.2) is 0 Å². The van der Waals surface area contributed by atoms with Gasteiger partial charge in [-0.15, -0.1) is 11.3 Å². The summed E-state index contributed by atoms with van der Waals surface area (Å²) in [6.07, 6.45) is 21.3. The summed E-state index contributed by atoms with van der Waals surface area (Å²) in [6.45, 7) is 4.69. The number of hydrogen-bond acceptors (Lipinski definition) is 2. The zero-order valence-corrected chi connectivity index (χ0v) is 22.9. The predicted molar refractivity (Wildman–Crippen MR) is 161 cm³/mol. The number of rotatable bonds is 4. The minimum Gasteiger partial charge on any atom is -0.381 e. The van der Waals surface area contributed by atoms with Gasteiger partial charge in [-0.05, 0) is 96.7 Å². The van der Waals surface area contributed by atoms with Crippen LogP contribution in [0.1, 0.15) is 92.2 Å². The van der Waals surface area contributed by atoms with Crippen molar-refractivity contribution < 1.29 is 0 Å². The van der Waals surface area contributed by atoms with Crippen LogP contribution in [0.5, 0.6) is 0 Å². The van der Waals surface area contributed by atoms with Crippen molar-refractivity contribution in [3.05, 3.63) is 105 Å². The van der Waals surface area contributed by atoms with Gasteiger partial charge < -0.3 is 5.32 Å². The monoisotopic (exact) mass is 503 g/mol. The second-order valence-corrected chi connectivity index (χ2v) is 12.6. The van der Waals surface area contributed by atoms with Gasteiger partial charge in [-0.3, -0.25) is 0 Å². The molecule has 1 nitrogen and oxygen atoms in total. The molecule has 4 aliphatic rings. The van der Waals surface area contributed by atoms with Gasteiger partial charge in [0, 0.05) is 33.1 Å². The lowest BCUT2D eigenvalue weighted by Gasteiger charge is -2.29. The van der Waals surface area contributed by atoms with E-state index in [9.17, 15) is 0 Å². The molecule has 4 atom stereocenters. The second-order valence-electron chi connectivity index (χ2n) is 11.5. The van der Waals surface area contributed by atoms with E-state index in [4.69, 9.17) is 0 Å². The average Bonchev–Trinajstić information content (AvgIpc) is 3.47. The molecule has 0 radical (unpaired) electrons. The first kappa shape index (κ1) is 23.3. The van der Waals surface area contributed by atoms with Crippen LogP contribution in [-0.4, -0.2) is 6.04 Å². The molecule has 1 N–H and O–H groups in total. The fourth-order valence-electron chi connectivity index (χ4n) is 7.23. The van der Waals surface area contributed by atoms with Crippen molar-refractivity contribution in [2.24, 2.45) is 5.92 Å².